The Labute approximate surface area is 179 Å². The van der Waals surface area contributed by atoms with Crippen molar-refractivity contribution in [1.82, 2.24) is 9.80 Å². The molecule has 1 aliphatic heterocycles. The van der Waals surface area contributed by atoms with Gasteiger partial charge >= 0.3 is 0 Å². The molecule has 0 saturated carbocycles. The third-order valence-electron chi connectivity index (χ3n) is 5.80. The Hall–Kier alpha value is -2.57. The highest BCUT2D eigenvalue weighted by Crippen LogP contribution is 2.20. The van der Waals surface area contributed by atoms with E-state index in [1.54, 1.807) is 7.11 Å². The molecule has 1 atom stereocenters. The fourth-order valence-electron chi connectivity index (χ4n) is 3.74. The van der Waals surface area contributed by atoms with Gasteiger partial charge in [-0.1, -0.05) is 18.2 Å². The van der Waals surface area contributed by atoms with Crippen LogP contribution in [0.3, 0.4) is 0 Å². The van der Waals surface area contributed by atoms with E-state index in [1.807, 2.05) is 63.2 Å². The molecule has 162 valence electrons. The van der Waals surface area contributed by atoms with Crippen LogP contribution in [-0.4, -0.2) is 68.2 Å². The summed E-state index contributed by atoms with van der Waals surface area (Å²) < 4.78 is 11.0. The average Bonchev–Trinajstić information content (AvgIpc) is 2.76. The first-order chi connectivity index (χ1) is 14.5. The Balaban J connectivity index is 1.41. The van der Waals surface area contributed by atoms with Crippen molar-refractivity contribution in [2.45, 2.75) is 26.8 Å². The molecule has 6 nitrogen and oxygen atoms in total. The van der Waals surface area contributed by atoms with E-state index in [1.165, 1.54) is 0 Å². The molecular weight excluding hydrogens is 378 g/mol. The second-order valence-electron chi connectivity index (χ2n) is 7.83. The van der Waals surface area contributed by atoms with E-state index < -0.39 is 0 Å². The summed E-state index contributed by atoms with van der Waals surface area (Å²) in [6.07, 6.45) is 0. The number of benzene rings is 2. The molecule has 1 aliphatic rings. The van der Waals surface area contributed by atoms with E-state index in [0.717, 1.165) is 61.0 Å². The molecule has 0 aromatic heterocycles. The Bertz CT molecular complexity index is 810. The molecule has 0 aliphatic carbocycles. The second kappa shape index (κ2) is 10.5. The van der Waals surface area contributed by atoms with E-state index >= 15 is 0 Å². The van der Waals surface area contributed by atoms with Crippen molar-refractivity contribution in [2.24, 2.45) is 0 Å². The van der Waals surface area contributed by atoms with Crippen LogP contribution in [0.2, 0.25) is 0 Å². The highest BCUT2D eigenvalue weighted by molar-refractivity contribution is 5.95. The molecule has 1 heterocycles. The van der Waals surface area contributed by atoms with E-state index in [-0.39, 0.29) is 11.9 Å². The minimum absolute atomic E-state index is 0.0590. The predicted octanol–water partition coefficient (Wildman–Crippen LogP) is 3.34. The number of hydrogen-bond donors (Lipinski definition) is 1. The average molecular weight is 412 g/mol. The van der Waals surface area contributed by atoms with Gasteiger partial charge in [-0.15, -0.1) is 0 Å². The molecule has 6 heteroatoms. The van der Waals surface area contributed by atoms with Crippen LogP contribution in [0.4, 0.5) is 5.69 Å². The van der Waals surface area contributed by atoms with Gasteiger partial charge in [0.25, 0.3) is 0 Å². The molecule has 1 N–H and O–H groups in total. The Morgan fingerprint density at radius 1 is 1.00 bits per heavy atom. The Morgan fingerprint density at radius 3 is 2.20 bits per heavy atom. The molecule has 0 radical (unpaired) electrons. The molecular formula is C24H33N3O3. The standard InChI is InChI=1S/C24H33N3O3/c1-18-6-5-7-19(2)23(18)25-24(28)20(3)27-14-12-26(13-15-27)16-17-30-22-10-8-21(29-4)9-11-22/h5-11,20H,12-17H2,1-4H3,(H,25,28)/t20-/m1/s1. The highest BCUT2D eigenvalue weighted by Gasteiger charge is 2.26. The number of methoxy groups -OCH3 is 1. The van der Waals surface area contributed by atoms with Crippen molar-refractivity contribution < 1.29 is 14.3 Å². The van der Waals surface area contributed by atoms with Gasteiger partial charge in [0.15, 0.2) is 0 Å². The number of carbonyl (C=O) groups is 1. The molecule has 2 aromatic carbocycles. The molecule has 30 heavy (non-hydrogen) atoms. The number of rotatable bonds is 8. The summed E-state index contributed by atoms with van der Waals surface area (Å²) in [5, 5.41) is 3.12. The van der Waals surface area contributed by atoms with Crippen molar-refractivity contribution in [2.75, 3.05) is 51.8 Å². The van der Waals surface area contributed by atoms with Crippen LogP contribution in [0.1, 0.15) is 18.1 Å². The summed E-state index contributed by atoms with van der Waals surface area (Å²) in [4.78, 5) is 17.4. The largest absolute Gasteiger partial charge is 0.497 e. The first-order valence-corrected chi connectivity index (χ1v) is 10.6. The summed E-state index contributed by atoms with van der Waals surface area (Å²) in [6.45, 7) is 11.2. The van der Waals surface area contributed by atoms with Crippen molar-refractivity contribution >= 4 is 11.6 Å². The van der Waals surface area contributed by atoms with Gasteiger partial charge in [0, 0.05) is 38.4 Å². The van der Waals surface area contributed by atoms with Crippen LogP contribution in [0.5, 0.6) is 11.5 Å². The molecule has 0 unspecified atom stereocenters. The quantitative estimate of drug-likeness (QED) is 0.722. The van der Waals surface area contributed by atoms with Gasteiger partial charge in [-0.25, -0.2) is 0 Å². The number of nitrogens with one attached hydrogen (secondary N) is 1. The third-order valence-corrected chi connectivity index (χ3v) is 5.80. The molecule has 1 fully saturated rings. The number of carbonyl (C=O) groups excluding carboxylic acids is 1. The normalized spacial score (nSPS) is 16.1. The SMILES string of the molecule is COc1ccc(OCCN2CCN([C@H](C)C(=O)Nc3c(C)cccc3C)CC2)cc1. The number of hydrogen-bond acceptors (Lipinski definition) is 5. The van der Waals surface area contributed by atoms with Gasteiger partial charge in [-0.3, -0.25) is 14.6 Å². The Morgan fingerprint density at radius 2 is 1.60 bits per heavy atom. The number of aryl methyl sites for hydroxylation is 2. The van der Waals surface area contributed by atoms with Crippen molar-refractivity contribution in [1.29, 1.82) is 0 Å². The zero-order valence-electron chi connectivity index (χ0n) is 18.5. The van der Waals surface area contributed by atoms with Crippen LogP contribution < -0.4 is 14.8 Å². The zero-order valence-corrected chi connectivity index (χ0v) is 18.5. The smallest absolute Gasteiger partial charge is 0.241 e. The summed E-state index contributed by atoms with van der Waals surface area (Å²) in [5.74, 6) is 1.74. The lowest BCUT2D eigenvalue weighted by Gasteiger charge is -2.37. The Kier molecular flexibility index (Phi) is 7.71. The van der Waals surface area contributed by atoms with E-state index in [2.05, 4.69) is 15.1 Å². The van der Waals surface area contributed by atoms with Crippen molar-refractivity contribution in [3.05, 3.63) is 53.6 Å². The maximum absolute atomic E-state index is 12.8. The first-order valence-electron chi connectivity index (χ1n) is 10.6. The van der Waals surface area contributed by atoms with Gasteiger partial charge in [0.05, 0.1) is 13.2 Å². The molecule has 3 rings (SSSR count). The maximum Gasteiger partial charge on any atom is 0.241 e. The van der Waals surface area contributed by atoms with Gasteiger partial charge in [-0.05, 0) is 56.2 Å². The number of nitrogens with zero attached hydrogens (tertiary/aromatic N) is 2. The number of piperazine rings is 1. The number of amides is 1. The monoisotopic (exact) mass is 411 g/mol. The van der Waals surface area contributed by atoms with Crippen molar-refractivity contribution in [3.63, 3.8) is 0 Å². The zero-order chi connectivity index (χ0) is 21.5. The predicted molar refractivity (Wildman–Crippen MR) is 121 cm³/mol. The van der Waals surface area contributed by atoms with Crippen LogP contribution in [0.25, 0.3) is 0 Å². The summed E-state index contributed by atoms with van der Waals surface area (Å²) in [7, 11) is 1.66. The van der Waals surface area contributed by atoms with Crippen LogP contribution >= 0.6 is 0 Å². The van der Waals surface area contributed by atoms with E-state index in [9.17, 15) is 4.79 Å². The molecule has 2 aromatic rings. The second-order valence-corrected chi connectivity index (χ2v) is 7.83. The highest BCUT2D eigenvalue weighted by atomic mass is 16.5. The summed E-state index contributed by atoms with van der Waals surface area (Å²) in [6, 6.07) is 13.6. The molecule has 1 amide bonds. The number of anilines is 1. The van der Waals surface area contributed by atoms with E-state index in [4.69, 9.17) is 9.47 Å². The van der Waals surface area contributed by atoms with Crippen LogP contribution in [0, 0.1) is 13.8 Å². The molecule has 1 saturated heterocycles. The third kappa shape index (κ3) is 5.74. The molecule has 0 spiro atoms. The van der Waals surface area contributed by atoms with Gasteiger partial charge < -0.3 is 14.8 Å². The van der Waals surface area contributed by atoms with Crippen LogP contribution in [-0.2, 0) is 4.79 Å². The lowest BCUT2D eigenvalue weighted by atomic mass is 10.1. The number of para-hydroxylation sites is 1. The fourth-order valence-corrected chi connectivity index (χ4v) is 3.74. The van der Waals surface area contributed by atoms with E-state index in [0.29, 0.717) is 6.61 Å². The minimum atomic E-state index is -0.151. The lowest BCUT2D eigenvalue weighted by Crippen LogP contribution is -2.53. The summed E-state index contributed by atoms with van der Waals surface area (Å²) in [5.41, 5.74) is 3.12. The topological polar surface area (TPSA) is 54.0 Å². The van der Waals surface area contributed by atoms with Gasteiger partial charge in [0.1, 0.15) is 18.1 Å². The molecule has 0 bridgehead atoms. The van der Waals surface area contributed by atoms with Crippen molar-refractivity contribution in [3.8, 4) is 11.5 Å². The summed E-state index contributed by atoms with van der Waals surface area (Å²) >= 11 is 0. The van der Waals surface area contributed by atoms with Crippen LogP contribution in [0.15, 0.2) is 42.5 Å². The number of ether oxygens (including phenoxy) is 2. The van der Waals surface area contributed by atoms with Gasteiger partial charge in [0.2, 0.25) is 5.91 Å². The fraction of sp³-hybridized carbons (Fsp3) is 0.458. The van der Waals surface area contributed by atoms with Gasteiger partial charge in [-0.2, -0.15) is 0 Å². The minimum Gasteiger partial charge on any atom is -0.497 e. The first kappa shape index (κ1) is 22.1. The maximum atomic E-state index is 12.8. The lowest BCUT2D eigenvalue weighted by molar-refractivity contribution is -0.121.